The van der Waals surface area contributed by atoms with Crippen molar-refractivity contribution in [3.05, 3.63) is 212 Å². The number of para-hydroxylation sites is 1. The number of fused-ring (bicyclic) bond motifs is 5. The van der Waals surface area contributed by atoms with Gasteiger partial charge < -0.3 is 9.32 Å². The Morgan fingerprint density at radius 1 is 0.436 bits per heavy atom. The van der Waals surface area contributed by atoms with Crippen molar-refractivity contribution in [1.29, 1.82) is 0 Å². The van der Waals surface area contributed by atoms with E-state index in [9.17, 15) is 0 Å². The molecule has 0 spiro atoms. The van der Waals surface area contributed by atoms with Gasteiger partial charge in [-0.25, -0.2) is 4.98 Å². The number of benzene rings is 9. The molecule has 0 aliphatic heterocycles. The van der Waals surface area contributed by atoms with E-state index in [2.05, 4.69) is 187 Å². The smallest absolute Gasteiger partial charge is 0.227 e. The van der Waals surface area contributed by atoms with Crippen molar-refractivity contribution in [2.24, 2.45) is 0 Å². The highest BCUT2D eigenvalue weighted by molar-refractivity contribution is 6.95. The summed E-state index contributed by atoms with van der Waals surface area (Å²) >= 11 is 0. The molecule has 3 nitrogen and oxygen atoms in total. The largest absolute Gasteiger partial charge is 0.435 e. The van der Waals surface area contributed by atoms with E-state index >= 15 is 0 Å². The van der Waals surface area contributed by atoms with Crippen LogP contribution < -0.4 is 20.5 Å². The molecule has 55 heavy (non-hydrogen) atoms. The zero-order chi connectivity index (χ0) is 36.6. The highest BCUT2D eigenvalue weighted by Gasteiger charge is 2.22. The number of hydrogen-bond donors (Lipinski definition) is 0. The molecule has 0 saturated heterocycles. The van der Waals surface area contributed by atoms with Gasteiger partial charge in [0, 0.05) is 27.9 Å². The summed E-state index contributed by atoms with van der Waals surface area (Å²) in [5.74, 6) is 0.627. The quantitative estimate of drug-likeness (QED) is 0.0889. The molecule has 1 heterocycles. The number of aromatic nitrogens is 1. The van der Waals surface area contributed by atoms with Crippen LogP contribution in [0.5, 0.6) is 0 Å². The fraction of sp³-hybridized carbons (Fsp3) is 0. The van der Waals surface area contributed by atoms with Gasteiger partial charge in [0.15, 0.2) is 14.4 Å². The predicted octanol–water partition coefficient (Wildman–Crippen LogP) is 11.5. The first-order valence-corrected chi connectivity index (χ1v) is 20.1. The van der Waals surface area contributed by atoms with Crippen LogP contribution in [0.4, 0.5) is 17.1 Å². The van der Waals surface area contributed by atoms with Gasteiger partial charge in [-0.15, -0.1) is 0 Å². The van der Waals surface area contributed by atoms with Crippen LogP contribution in [0, 0.1) is 0 Å². The summed E-state index contributed by atoms with van der Waals surface area (Å²) in [7, 11) is -1.22. The van der Waals surface area contributed by atoms with Crippen molar-refractivity contribution < 1.29 is 4.42 Å². The van der Waals surface area contributed by atoms with E-state index < -0.39 is 8.80 Å². The van der Waals surface area contributed by atoms with Crippen LogP contribution in [-0.2, 0) is 0 Å². The first-order valence-electron chi connectivity index (χ1n) is 18.6. The summed E-state index contributed by atoms with van der Waals surface area (Å²) in [5.41, 5.74) is 8.20. The van der Waals surface area contributed by atoms with E-state index in [1.807, 2.05) is 30.3 Å². The second kappa shape index (κ2) is 14.1. The molecule has 259 valence electrons. The van der Waals surface area contributed by atoms with Crippen LogP contribution in [0.1, 0.15) is 0 Å². The monoisotopic (exact) mass is 719 g/mol. The van der Waals surface area contributed by atoms with Gasteiger partial charge in [0.05, 0.1) is 5.69 Å². The van der Waals surface area contributed by atoms with Crippen LogP contribution in [0.25, 0.3) is 55.2 Å². The van der Waals surface area contributed by atoms with E-state index in [0.717, 1.165) is 60.8 Å². The van der Waals surface area contributed by atoms with E-state index in [-0.39, 0.29) is 0 Å². The SMILES string of the molecule is c1ccc(-c2nc3ccc4ccc5ccc(N(c6ccc([Si](c7ccccc7)c7ccccc7)cc6)c6ccccc6-c6ccccc6)cc5c4c3o2)cc1. The summed E-state index contributed by atoms with van der Waals surface area (Å²) in [5, 5.41) is 8.52. The number of rotatable bonds is 8. The third-order valence-electron chi connectivity index (χ3n) is 10.4. The summed E-state index contributed by atoms with van der Waals surface area (Å²) in [6.07, 6.45) is 0. The standard InChI is InChI=1S/C51H35N2OSi/c1-5-15-36(16-6-1)45-23-13-14-24-48(45)53(40-30-32-44(33-31-40)55(42-19-9-3-10-20-42)43-21-11-4-12-22-43)41-29-27-37-25-26-38-28-34-47-50(49(38)46(37)35-41)54-51(52-47)39-17-7-2-8-18-39/h1-35H. The molecular weight excluding hydrogens is 685 g/mol. The summed E-state index contributed by atoms with van der Waals surface area (Å²) in [4.78, 5) is 7.33. The highest BCUT2D eigenvalue weighted by Crippen LogP contribution is 2.43. The fourth-order valence-electron chi connectivity index (χ4n) is 7.80. The first kappa shape index (κ1) is 32.6. The lowest BCUT2D eigenvalue weighted by Crippen LogP contribution is -2.51. The van der Waals surface area contributed by atoms with Crippen molar-refractivity contribution in [3.63, 3.8) is 0 Å². The second-order valence-electron chi connectivity index (χ2n) is 13.7. The zero-order valence-corrected chi connectivity index (χ0v) is 31.0. The molecule has 0 saturated carbocycles. The lowest BCUT2D eigenvalue weighted by Gasteiger charge is -2.29. The molecule has 0 atom stereocenters. The lowest BCUT2D eigenvalue weighted by atomic mass is 9.99. The molecule has 9 aromatic carbocycles. The van der Waals surface area contributed by atoms with Gasteiger partial charge >= 0.3 is 0 Å². The van der Waals surface area contributed by atoms with Gasteiger partial charge in [-0.3, -0.25) is 0 Å². The van der Waals surface area contributed by atoms with Crippen molar-refractivity contribution in [3.8, 4) is 22.6 Å². The minimum absolute atomic E-state index is 0.627. The van der Waals surface area contributed by atoms with Crippen molar-refractivity contribution in [2.75, 3.05) is 4.90 Å². The average molecular weight is 720 g/mol. The topological polar surface area (TPSA) is 29.3 Å². The fourth-order valence-corrected chi connectivity index (χ4v) is 10.3. The Balaban J connectivity index is 1.17. The third-order valence-corrected chi connectivity index (χ3v) is 13.1. The van der Waals surface area contributed by atoms with Crippen molar-refractivity contribution in [1.82, 2.24) is 4.98 Å². The Morgan fingerprint density at radius 3 is 1.65 bits per heavy atom. The van der Waals surface area contributed by atoms with Gasteiger partial charge in [0.25, 0.3) is 0 Å². The maximum atomic E-state index is 6.61. The third kappa shape index (κ3) is 6.09. The van der Waals surface area contributed by atoms with Gasteiger partial charge in [0.1, 0.15) is 5.52 Å². The van der Waals surface area contributed by atoms with Gasteiger partial charge in [0.2, 0.25) is 5.89 Å². The summed E-state index contributed by atoms with van der Waals surface area (Å²) < 4.78 is 6.61. The predicted molar refractivity (Wildman–Crippen MR) is 232 cm³/mol. The van der Waals surface area contributed by atoms with Crippen LogP contribution in [0.15, 0.2) is 217 Å². The number of anilines is 3. The van der Waals surface area contributed by atoms with Gasteiger partial charge in [-0.2, -0.15) is 0 Å². The summed E-state index contributed by atoms with van der Waals surface area (Å²) in [6, 6.07) is 76.0. The normalized spacial score (nSPS) is 11.4. The molecule has 0 aliphatic carbocycles. The van der Waals surface area contributed by atoms with Crippen molar-refractivity contribution >= 4 is 74.1 Å². The molecule has 10 aromatic rings. The van der Waals surface area contributed by atoms with E-state index in [0.29, 0.717) is 5.89 Å². The minimum atomic E-state index is -1.22. The molecule has 0 fully saturated rings. The van der Waals surface area contributed by atoms with E-state index in [1.165, 1.54) is 21.1 Å². The molecular formula is C51H35N2OSi. The molecule has 0 unspecified atom stereocenters. The minimum Gasteiger partial charge on any atom is -0.435 e. The Morgan fingerprint density at radius 2 is 0.964 bits per heavy atom. The number of oxazole rings is 1. The van der Waals surface area contributed by atoms with Crippen molar-refractivity contribution in [2.45, 2.75) is 0 Å². The van der Waals surface area contributed by atoms with E-state index in [1.54, 1.807) is 0 Å². The lowest BCUT2D eigenvalue weighted by molar-refractivity contribution is 0.623. The zero-order valence-electron chi connectivity index (χ0n) is 30.0. The Labute approximate surface area is 322 Å². The Bertz CT molecular complexity index is 2870. The van der Waals surface area contributed by atoms with Crippen LogP contribution in [0.2, 0.25) is 0 Å². The second-order valence-corrected chi connectivity index (χ2v) is 16.2. The Kier molecular flexibility index (Phi) is 8.36. The molecule has 1 aromatic heterocycles. The maximum absolute atomic E-state index is 6.61. The number of nitrogens with zero attached hydrogens (tertiary/aromatic N) is 2. The first-order chi connectivity index (χ1) is 27.3. The van der Waals surface area contributed by atoms with Crippen LogP contribution >= 0.6 is 0 Å². The maximum Gasteiger partial charge on any atom is 0.227 e. The van der Waals surface area contributed by atoms with Crippen LogP contribution in [0.3, 0.4) is 0 Å². The molecule has 0 amide bonds. The summed E-state index contributed by atoms with van der Waals surface area (Å²) in [6.45, 7) is 0. The molecule has 10 rings (SSSR count). The molecule has 4 heteroatoms. The molecule has 0 aliphatic rings. The Hall–Kier alpha value is -7.01. The van der Waals surface area contributed by atoms with Crippen LogP contribution in [-0.4, -0.2) is 13.8 Å². The molecule has 0 N–H and O–H groups in total. The van der Waals surface area contributed by atoms with Gasteiger partial charge in [-0.05, 0) is 70.3 Å². The molecule has 1 radical (unpaired) electrons. The molecule has 0 bridgehead atoms. The van der Waals surface area contributed by atoms with Gasteiger partial charge in [-0.1, -0.05) is 179 Å². The van der Waals surface area contributed by atoms with E-state index in [4.69, 9.17) is 9.40 Å². The number of hydrogen-bond acceptors (Lipinski definition) is 3. The highest BCUT2D eigenvalue weighted by atomic mass is 28.3. The average Bonchev–Trinajstić information content (AvgIpc) is 3.71.